The topological polar surface area (TPSA) is 388 Å². The molecule has 0 saturated heterocycles. The monoisotopic (exact) mass is 2160 g/mol. The number of hydrazone groups is 2. The molecule has 0 aliphatic heterocycles. The Morgan fingerprint density at radius 3 is 1.14 bits per heavy atom. The molecular formula is C85H84ArBBr3Cl10N8O19. The van der Waals surface area contributed by atoms with E-state index in [0.29, 0.717) is 125 Å². The zero-order chi connectivity index (χ0) is 93.4. The minimum Gasteiger partial charge on any atom is -0.508 e. The Hall–Kier alpha value is -8.68. The molecule has 680 valence electrons. The molecule has 0 unspecified atom stereocenters. The van der Waals surface area contributed by atoms with Gasteiger partial charge in [-0.3, -0.25) is 57.7 Å². The fourth-order valence-corrected chi connectivity index (χ4v) is 11.6. The van der Waals surface area contributed by atoms with E-state index >= 15 is 0 Å². The fraction of sp³-hybridized carbons (Fsp3) is 0.176. The van der Waals surface area contributed by atoms with Crippen LogP contribution in [0.25, 0.3) is 21.8 Å². The van der Waals surface area contributed by atoms with E-state index in [0.717, 1.165) is 23.4 Å². The van der Waals surface area contributed by atoms with Crippen molar-refractivity contribution < 1.29 is 130 Å². The second kappa shape index (κ2) is 61.0. The zero-order valence-corrected chi connectivity index (χ0v) is 81.1. The van der Waals surface area contributed by atoms with E-state index in [1.807, 2.05) is 31.2 Å². The molecule has 27 nitrogen and oxygen atoms in total. The summed E-state index contributed by atoms with van der Waals surface area (Å²) in [6.07, 6.45) is 2.89. The molecule has 0 spiro atoms. The Bertz CT molecular complexity index is 5590. The molecule has 42 heteroatoms. The van der Waals surface area contributed by atoms with Crippen LogP contribution >= 0.6 is 164 Å². The van der Waals surface area contributed by atoms with Crippen molar-refractivity contribution in [1.82, 2.24) is 9.13 Å². The number of phenols is 1. The number of carbonyl (C=O) groups is 10. The van der Waals surface area contributed by atoms with Crippen LogP contribution in [0.1, 0.15) is 112 Å². The fourth-order valence-electron chi connectivity index (χ4n) is 10.4. The number of nitrogens with zero attached hydrogens (tertiary/aromatic N) is 6. The smallest absolute Gasteiger partial charge is 0.369 e. The SMILES string of the molecule is BrB(Br)Br.C.C/C=N/N(C(=O)c1ccc(Cl)c(Cl)c1)c1ccc(OC)cc1.C/C=N/Nc1ccc(OC)cc1.CC(=O)CCC(=O)O.CC(=O)O.COc1ccc(N(N)C(=O)c2ccc(Cl)c(Cl)c2)cc1.COc1ccc2c(c1)c(CC(=O)O)c(C)n2C(=O)c1ccc(Cl)c(Cl)c1.Cc1c(CC(=O)O)c2cc(O)ccc2n1C(=O)c1ccc(Cl)c(Cl)c1.Cl.O=CCl.[Ar]. The van der Waals surface area contributed by atoms with Crippen molar-refractivity contribution in [3.8, 4) is 28.7 Å². The van der Waals surface area contributed by atoms with Crippen molar-refractivity contribution in [2.75, 3.05) is 43.9 Å². The summed E-state index contributed by atoms with van der Waals surface area (Å²) < 4.78 is 23.6. The number of hydrogen-bond acceptors (Lipinski definition) is 19. The van der Waals surface area contributed by atoms with E-state index in [1.165, 1.54) is 70.6 Å². The number of hydrazine groups is 1. The molecule has 0 aliphatic rings. The number of amides is 2. The molecule has 8 N–H and O–H groups in total. The first-order valence-corrected chi connectivity index (χ1v) is 41.6. The van der Waals surface area contributed by atoms with Crippen LogP contribution in [-0.4, -0.2) is 138 Å². The first-order chi connectivity index (χ1) is 58.6. The molecule has 0 aliphatic carbocycles. The predicted molar refractivity (Wildman–Crippen MR) is 518 cm³/mol. The molecule has 0 fully saturated rings. The molecule has 0 bridgehead atoms. The zero-order valence-electron chi connectivity index (χ0n) is 68.0. The molecule has 11 aromatic rings. The van der Waals surface area contributed by atoms with E-state index < -0.39 is 23.9 Å². The molecule has 2 aromatic heterocycles. The van der Waals surface area contributed by atoms with Gasteiger partial charge in [0.2, 0.25) is 5.75 Å². The number of aromatic hydroxyl groups is 1. The van der Waals surface area contributed by atoms with Gasteiger partial charge in [-0.25, -0.2) is 10.9 Å². The Kier molecular flexibility index (Phi) is 56.8. The standard InChI is InChI=1S/C19H15Cl2NO4.C18H13Cl2NO4.C16H14Cl2N2O2.C14H12Cl2N2O2.C9H12N2O.C5H8O3.C2H4O2.CHClO.CH4.Ar.BBr3.ClH/c1-10-13(9-18(23)24)14-8-12(26-2)4-6-17(14)22(10)19(25)11-3-5-15(20)16(21)7-11;1-9-12(8-17(23)24)13-7-11(22)3-5-16(13)21(9)18(25)10-2-4-14(19)15(20)6-10;1-3-19-20(12-5-7-13(22-2)8-6-12)16(21)11-4-9-14(17)15(18)10-11;1-20-11-5-3-10(4-6-11)18(17)14(19)9-2-7-12(15)13(16)8-9;1-3-10-11-8-4-6-9(12-2)7-5-8;1-4(6)2-3-5(7)8;1-2(3)4;2-1-3;;;2-1(3)4;/h3-8H,9H2,1-2H3,(H,23,24);2-7,22H,8H2,1H3,(H,23,24);3-10H,1-2H3;2-8H,17H2,1H3;3-7,11H,1-2H3;2-3H2,1H3,(H,7,8);1H3,(H,3,4);1H;1H4;;;1H/b;;19-3+;;10-3+;;;;;;;. The van der Waals surface area contributed by atoms with Gasteiger partial charge in [0.05, 0.1) is 116 Å². The van der Waals surface area contributed by atoms with Crippen LogP contribution in [0, 0.1) is 51.6 Å². The predicted octanol–water partition coefficient (Wildman–Crippen LogP) is 23.3. The Morgan fingerprint density at radius 1 is 0.480 bits per heavy atom. The van der Waals surface area contributed by atoms with Gasteiger partial charge in [-0.15, -0.1) is 59.7 Å². The number of hydrogen-bond donors (Lipinski definition) is 7. The van der Waals surface area contributed by atoms with Gasteiger partial charge in [0.1, 0.15) is 34.5 Å². The van der Waals surface area contributed by atoms with Crippen LogP contribution in [0.5, 0.6) is 28.7 Å². The number of phenolic OH excluding ortho intramolecular Hbond substituents is 1. The first kappa shape index (κ1) is 118. The number of nitrogens with two attached hydrogens (primary N) is 1. The molecule has 0 saturated carbocycles. The third-order valence-corrected chi connectivity index (χ3v) is 19.0. The molecule has 2 amide bonds. The van der Waals surface area contributed by atoms with Crippen molar-refractivity contribution in [2.45, 2.75) is 74.7 Å². The van der Waals surface area contributed by atoms with Crippen LogP contribution in [0.15, 0.2) is 192 Å². The molecule has 0 atom stereocenters. The van der Waals surface area contributed by atoms with Crippen LogP contribution in [0.4, 0.5) is 17.1 Å². The van der Waals surface area contributed by atoms with Gasteiger partial charge in [0.25, 0.3) is 29.6 Å². The number of methoxy groups -OCH3 is 4. The maximum Gasteiger partial charge on any atom is 0.369 e. The Morgan fingerprint density at radius 2 is 0.811 bits per heavy atom. The summed E-state index contributed by atoms with van der Waals surface area (Å²) >= 11 is 61.0. The number of ketones is 1. The van der Waals surface area contributed by atoms with Gasteiger partial charge in [-0.1, -0.05) is 100 Å². The number of aliphatic carboxylic acids is 4. The summed E-state index contributed by atoms with van der Waals surface area (Å²) in [5.41, 5.74) is 9.65. The quantitative estimate of drug-likeness (QED) is 0.00708. The summed E-state index contributed by atoms with van der Waals surface area (Å²) in [5, 5.41) is 57.7. The number of carboxylic acid groups (broad SMARTS) is 4. The maximum atomic E-state index is 13.1. The second-order valence-electron chi connectivity index (χ2n) is 24.4. The van der Waals surface area contributed by atoms with Crippen LogP contribution < -0.4 is 40.2 Å². The van der Waals surface area contributed by atoms with Crippen LogP contribution in [0.3, 0.4) is 0 Å². The van der Waals surface area contributed by atoms with Gasteiger partial charge >= 0.3 is 21.1 Å². The van der Waals surface area contributed by atoms with E-state index in [1.54, 1.807) is 170 Å². The minimum atomic E-state index is -1.02. The largest absolute Gasteiger partial charge is 0.508 e. The number of carboxylic acids is 4. The number of halogens is 13. The number of benzene rings is 9. The number of nitrogens with one attached hydrogen (secondary N) is 1. The van der Waals surface area contributed by atoms with E-state index in [2.05, 4.69) is 74.5 Å². The van der Waals surface area contributed by atoms with Crippen LogP contribution in [-0.2, 0) is 41.6 Å². The van der Waals surface area contributed by atoms with Crippen molar-refractivity contribution in [2.24, 2.45) is 16.0 Å². The van der Waals surface area contributed by atoms with Gasteiger partial charge in [-0.2, -0.15) is 15.2 Å². The molecule has 11 rings (SSSR count). The maximum absolute atomic E-state index is 13.1. The number of anilines is 3. The molecular weight excluding hydrogens is 2080 g/mol. The third kappa shape index (κ3) is 39.3. The number of aromatic nitrogens is 2. The van der Waals surface area contributed by atoms with Gasteiger partial charge in [0.15, 0.2) is 0 Å². The molecule has 0 radical (unpaired) electrons. The number of fused-ring (bicyclic) bond motifs is 2. The van der Waals surface area contributed by atoms with Gasteiger partial charge in [0, 0.05) is 108 Å². The Labute approximate surface area is 838 Å². The summed E-state index contributed by atoms with van der Waals surface area (Å²) in [5.74, 6) is 3.68. The van der Waals surface area contributed by atoms with Crippen LogP contribution in [0.2, 0.25) is 40.2 Å². The second-order valence-corrected chi connectivity index (χ2v) is 34.3. The summed E-state index contributed by atoms with van der Waals surface area (Å²) in [6, 6.07) is 49.6. The minimum absolute atomic E-state index is 0. The van der Waals surface area contributed by atoms with E-state index in [4.69, 9.17) is 143 Å². The summed E-state index contributed by atoms with van der Waals surface area (Å²) in [6.45, 7) is 9.45. The van der Waals surface area contributed by atoms with Gasteiger partial charge < -0.3 is 49.3 Å². The molecule has 2 heterocycles. The summed E-state index contributed by atoms with van der Waals surface area (Å²) in [4.78, 5) is 111. The van der Waals surface area contributed by atoms with Crippen molar-refractivity contribution >= 4 is 278 Å². The molecule has 9 aromatic carbocycles. The van der Waals surface area contributed by atoms with Gasteiger partial charge in [-0.05, 0) is 239 Å². The number of ether oxygens (including phenoxy) is 4. The molecule has 127 heavy (non-hydrogen) atoms. The first-order valence-electron chi connectivity index (χ1n) is 35.4. The number of carbonyl (C=O) groups excluding carboxylic acids is 6. The van der Waals surface area contributed by atoms with E-state index in [9.17, 15) is 48.6 Å². The van der Waals surface area contributed by atoms with Crippen molar-refractivity contribution in [3.05, 3.63) is 267 Å². The normalized spacial score (nSPS) is 9.88. The Balaban J connectivity index is 0.00000149. The summed E-state index contributed by atoms with van der Waals surface area (Å²) in [7, 11) is 6.32. The van der Waals surface area contributed by atoms with Crippen molar-refractivity contribution in [3.63, 3.8) is 0 Å². The number of Topliss-reactive ketones (excluding diaryl/α,β-unsaturated/α-hetero) is 1. The number of rotatable bonds is 20. The average Bonchev–Trinajstić information content (AvgIpc) is 1.61. The van der Waals surface area contributed by atoms with E-state index in [-0.39, 0.29) is 137 Å². The average molecular weight is 2170 g/mol. The van der Waals surface area contributed by atoms with Crippen molar-refractivity contribution in [1.29, 1.82) is 0 Å². The third-order valence-electron chi connectivity index (χ3n) is 16.0.